The van der Waals surface area contributed by atoms with Crippen LogP contribution in [0.1, 0.15) is 95.3 Å². The van der Waals surface area contributed by atoms with E-state index in [0.29, 0.717) is 36.3 Å². The molecule has 0 atom stereocenters. The molecule has 0 aliphatic carbocycles. The molecule has 296 valence electrons. The number of aryl methyl sites for hydroxylation is 2. The van der Waals surface area contributed by atoms with Crippen LogP contribution in [-0.2, 0) is 37.2 Å². The van der Waals surface area contributed by atoms with Crippen molar-refractivity contribution in [2.45, 2.75) is 66.4 Å². The summed E-state index contributed by atoms with van der Waals surface area (Å²) in [4.78, 5) is 13.0. The minimum atomic E-state index is -0.569. The van der Waals surface area contributed by atoms with E-state index in [2.05, 4.69) is 59.7 Å². The van der Waals surface area contributed by atoms with E-state index in [9.17, 15) is 9.90 Å². The Hall–Kier alpha value is -5.20. The Kier molecular flexibility index (Phi) is 19.3. The number of aromatic hydroxyl groups is 1. The van der Waals surface area contributed by atoms with Gasteiger partial charge in [0, 0.05) is 37.0 Å². The third-order valence-corrected chi connectivity index (χ3v) is 8.97. The number of nitrogens with zero attached hydrogens (tertiary/aromatic N) is 1. The molecule has 0 spiro atoms. The first-order valence-corrected chi connectivity index (χ1v) is 19.3. The maximum absolute atomic E-state index is 13.0. The summed E-state index contributed by atoms with van der Waals surface area (Å²) >= 11 is 0. The van der Waals surface area contributed by atoms with Crippen molar-refractivity contribution >= 4 is 11.7 Å². The third-order valence-electron chi connectivity index (χ3n) is 8.97. The average molecular weight is 926 g/mol. The fraction of sp³-hybridized carbons (Fsp3) is 0.235. The van der Waals surface area contributed by atoms with E-state index in [1.165, 1.54) is 11.1 Å². The number of ether oxygens (including phenoxy) is 2. The van der Waals surface area contributed by atoms with Gasteiger partial charge < -0.3 is 19.9 Å². The van der Waals surface area contributed by atoms with Crippen molar-refractivity contribution in [2.75, 3.05) is 13.2 Å². The summed E-state index contributed by atoms with van der Waals surface area (Å²) < 4.78 is 11.8. The summed E-state index contributed by atoms with van der Waals surface area (Å²) in [6.07, 6.45) is 0.744. The number of phenols is 1. The van der Waals surface area contributed by atoms with E-state index in [-0.39, 0.29) is 43.8 Å². The molecule has 6 rings (SSSR count). The third kappa shape index (κ3) is 14.7. The van der Waals surface area contributed by atoms with Gasteiger partial charge in [0.25, 0.3) is 0 Å². The van der Waals surface area contributed by atoms with Crippen molar-refractivity contribution < 1.29 is 45.2 Å². The van der Waals surface area contributed by atoms with Gasteiger partial charge in [-0.05, 0) is 67.5 Å². The maximum atomic E-state index is 13.0. The zero-order chi connectivity index (χ0) is 40.5. The van der Waals surface area contributed by atoms with Gasteiger partial charge in [-0.3, -0.25) is 0 Å². The Bertz CT molecular complexity index is 2030. The molecule has 0 radical (unpaired) electrons. The number of carbonyl (C=O) groups excluding carboxylic acids is 1. The van der Waals surface area contributed by atoms with Gasteiger partial charge in [0.1, 0.15) is 23.7 Å². The summed E-state index contributed by atoms with van der Waals surface area (Å²) in [6, 6.07) is 45.1. The number of hydrogen-bond donors (Lipinski definition) is 1. The average Bonchev–Trinajstić information content (AvgIpc) is 3.19. The van der Waals surface area contributed by atoms with Crippen LogP contribution < -0.4 is 4.74 Å². The second kappa shape index (κ2) is 23.8. The SMILES string of the molecule is Cc1ccc(OCCC[N-]c2c(C(C)C)cccc2C(C)C)c(-c2cc(C)cc(C(=O)OCc3ccccc3)c2O)c1.[CH2-]c1ccccc1.[CH2-]c1ccccc1.[Hf]. The number of phenolic OH excluding ortho intramolecular Hbond substituents is 1. The Morgan fingerprint density at radius 1 is 0.667 bits per heavy atom. The van der Waals surface area contributed by atoms with Crippen LogP contribution in [0.25, 0.3) is 16.4 Å². The summed E-state index contributed by atoms with van der Waals surface area (Å²) in [6.45, 7) is 21.4. The van der Waals surface area contributed by atoms with Crippen LogP contribution in [-0.4, -0.2) is 24.2 Å². The van der Waals surface area contributed by atoms with Crippen molar-refractivity contribution in [3.8, 4) is 22.6 Å². The molecule has 0 unspecified atom stereocenters. The molecule has 0 aliphatic rings. The molecule has 57 heavy (non-hydrogen) atoms. The van der Waals surface area contributed by atoms with Gasteiger partial charge in [-0.1, -0.05) is 111 Å². The van der Waals surface area contributed by atoms with Crippen molar-refractivity contribution in [2.24, 2.45) is 0 Å². The van der Waals surface area contributed by atoms with Gasteiger partial charge in [0.05, 0.1) is 6.61 Å². The Labute approximate surface area is 360 Å². The van der Waals surface area contributed by atoms with E-state index in [4.69, 9.17) is 14.8 Å². The summed E-state index contributed by atoms with van der Waals surface area (Å²) in [5.74, 6) is 0.763. The zero-order valence-electron chi connectivity index (χ0n) is 34.3. The molecule has 6 aromatic carbocycles. The topological polar surface area (TPSA) is 69.9 Å². The summed E-state index contributed by atoms with van der Waals surface area (Å²) in [5, 5.41) is 16.3. The van der Waals surface area contributed by atoms with Gasteiger partial charge in [-0.2, -0.15) is 49.2 Å². The van der Waals surface area contributed by atoms with Crippen LogP contribution >= 0.6 is 0 Å². The van der Waals surface area contributed by atoms with Gasteiger partial charge in [-0.25, -0.2) is 4.79 Å². The van der Waals surface area contributed by atoms with Crippen LogP contribution in [0.5, 0.6) is 11.5 Å². The van der Waals surface area contributed by atoms with Crippen molar-refractivity contribution in [3.63, 3.8) is 0 Å². The van der Waals surface area contributed by atoms with E-state index in [1.54, 1.807) is 6.07 Å². The largest absolute Gasteiger partial charge is 0.684 e. The van der Waals surface area contributed by atoms with Crippen LogP contribution in [0.2, 0.25) is 0 Å². The predicted molar refractivity (Wildman–Crippen MR) is 233 cm³/mol. The van der Waals surface area contributed by atoms with Gasteiger partial charge in [0.2, 0.25) is 0 Å². The van der Waals surface area contributed by atoms with Crippen LogP contribution in [0, 0.1) is 27.7 Å². The molecule has 0 bridgehead atoms. The minimum absolute atomic E-state index is 0. The monoisotopic (exact) mass is 926 g/mol. The van der Waals surface area contributed by atoms with E-state index in [1.807, 2.05) is 129 Å². The molecule has 0 aliphatic heterocycles. The maximum Gasteiger partial charge on any atom is 0.342 e. The molecular weight excluding hydrogens is 869 g/mol. The molecule has 0 fully saturated rings. The molecule has 0 saturated heterocycles. The van der Waals surface area contributed by atoms with E-state index >= 15 is 0 Å². The van der Waals surface area contributed by atoms with Crippen molar-refractivity contribution in [1.29, 1.82) is 0 Å². The molecule has 0 amide bonds. The molecule has 6 heteroatoms. The molecule has 0 saturated carbocycles. The zero-order valence-corrected chi connectivity index (χ0v) is 37.9. The van der Waals surface area contributed by atoms with E-state index in [0.717, 1.165) is 45.5 Å². The second-order valence-corrected chi connectivity index (χ2v) is 14.4. The number of para-hydroxylation sites is 1. The molecule has 0 aromatic heterocycles. The molecule has 1 N–H and O–H groups in total. The summed E-state index contributed by atoms with van der Waals surface area (Å²) in [7, 11) is 0. The number of rotatable bonds is 12. The second-order valence-electron chi connectivity index (χ2n) is 14.4. The predicted octanol–water partition coefficient (Wildman–Crippen LogP) is 13.5. The molecule has 0 heterocycles. The first-order chi connectivity index (χ1) is 26.9. The fourth-order valence-corrected chi connectivity index (χ4v) is 6.01. The number of benzene rings is 6. The Morgan fingerprint density at radius 3 is 1.70 bits per heavy atom. The van der Waals surface area contributed by atoms with Gasteiger partial charge in [0.15, 0.2) is 0 Å². The fourth-order valence-electron chi connectivity index (χ4n) is 6.01. The molecule has 5 nitrogen and oxygen atoms in total. The smallest absolute Gasteiger partial charge is 0.342 e. The standard InChI is InChI=1S/C37H42NO4.2C7H7.Hf/c1-24(2)29-14-10-15-30(25(3)4)35(29)38-18-11-19-41-34-17-16-26(5)20-31(34)32-21-27(6)22-33(36(32)39)37(40)42-23-28-12-8-7-9-13-28;2*1-7-5-3-2-4-6-7;/h7-10,12-17,20-22,24-25H,11,18-19,23H2,1-6H3,(H,39,40);2*2-6H,1H2;/q3*-1;. The van der Waals surface area contributed by atoms with Gasteiger partial charge >= 0.3 is 5.97 Å². The van der Waals surface area contributed by atoms with Crippen molar-refractivity contribution in [1.82, 2.24) is 0 Å². The van der Waals surface area contributed by atoms with Crippen molar-refractivity contribution in [3.05, 3.63) is 203 Å². The number of esters is 1. The van der Waals surface area contributed by atoms with Gasteiger partial charge in [-0.15, -0.1) is 36.5 Å². The first-order valence-electron chi connectivity index (χ1n) is 19.3. The van der Waals surface area contributed by atoms with E-state index < -0.39 is 5.97 Å². The van der Waals surface area contributed by atoms with Crippen LogP contribution in [0.3, 0.4) is 0 Å². The summed E-state index contributed by atoms with van der Waals surface area (Å²) in [5.41, 5.74) is 9.95. The molecule has 6 aromatic rings. The quantitative estimate of drug-likeness (QED) is 0.0575. The Morgan fingerprint density at radius 2 is 1.19 bits per heavy atom. The number of carbonyl (C=O) groups is 1. The molecular formula is C51H56HfNO4-3. The number of hydrogen-bond acceptors (Lipinski definition) is 4. The Balaban J connectivity index is 0.000000484. The van der Waals surface area contributed by atoms with Crippen LogP contribution in [0.15, 0.2) is 140 Å². The first kappa shape index (κ1) is 46.2. The van der Waals surface area contributed by atoms with Crippen LogP contribution in [0.4, 0.5) is 5.69 Å². The normalized spacial score (nSPS) is 10.3. The minimum Gasteiger partial charge on any atom is -0.684 e.